The molecule has 6 nitrogen and oxygen atoms in total. The third-order valence-corrected chi connectivity index (χ3v) is 5.28. The second-order valence-corrected chi connectivity index (χ2v) is 8.21. The summed E-state index contributed by atoms with van der Waals surface area (Å²) < 4.78 is 62.8. The first-order chi connectivity index (χ1) is 10.5. The van der Waals surface area contributed by atoms with Gasteiger partial charge in [0.05, 0.1) is 5.75 Å². The summed E-state index contributed by atoms with van der Waals surface area (Å²) >= 11 is 0. The van der Waals surface area contributed by atoms with Crippen LogP contribution in [0.5, 0.6) is 0 Å². The number of alkyl halides is 3. The molecule has 0 bridgehead atoms. The fourth-order valence-electron chi connectivity index (χ4n) is 2.47. The van der Waals surface area contributed by atoms with Gasteiger partial charge in [-0.15, -0.1) is 0 Å². The molecule has 1 fully saturated rings. The predicted octanol–water partition coefficient (Wildman–Crippen LogP) is 0.00950. The van der Waals surface area contributed by atoms with Crippen LogP contribution in [0.3, 0.4) is 0 Å². The molecule has 1 rings (SSSR count). The van der Waals surface area contributed by atoms with Crippen LogP contribution >= 0.6 is 0 Å². The van der Waals surface area contributed by atoms with Crippen LogP contribution in [0, 0.1) is 5.92 Å². The zero-order valence-electron chi connectivity index (χ0n) is 13.3. The van der Waals surface area contributed by atoms with Crippen molar-refractivity contribution >= 4 is 15.7 Å². The first kappa shape index (κ1) is 20.2. The van der Waals surface area contributed by atoms with E-state index in [1.54, 1.807) is 13.8 Å². The van der Waals surface area contributed by atoms with Crippen LogP contribution in [-0.2, 0) is 14.6 Å². The van der Waals surface area contributed by atoms with Gasteiger partial charge < -0.3 is 10.6 Å². The topological polar surface area (TPSA) is 78.5 Å². The Morgan fingerprint density at radius 1 is 1.26 bits per heavy atom. The summed E-state index contributed by atoms with van der Waals surface area (Å²) in [7, 11) is -3.61. The first-order valence-corrected chi connectivity index (χ1v) is 9.32. The molecule has 0 aromatic heterocycles. The van der Waals surface area contributed by atoms with Crippen LogP contribution in [0.2, 0.25) is 0 Å². The summed E-state index contributed by atoms with van der Waals surface area (Å²) in [6, 6.07) is -1.80. The molecule has 2 N–H and O–H groups in total. The van der Waals surface area contributed by atoms with E-state index >= 15 is 0 Å². The lowest BCUT2D eigenvalue weighted by atomic mass is 10.2. The number of halogens is 3. The lowest BCUT2D eigenvalue weighted by molar-refractivity contribution is -0.183. The Labute approximate surface area is 134 Å². The molecular formula is C13H24F3N3O3S. The lowest BCUT2D eigenvalue weighted by Gasteiger charge is -2.35. The third kappa shape index (κ3) is 7.49. The quantitative estimate of drug-likeness (QED) is 0.670. The number of hydrogen-bond acceptors (Lipinski definition) is 5. The van der Waals surface area contributed by atoms with Crippen molar-refractivity contribution in [3.05, 3.63) is 0 Å². The van der Waals surface area contributed by atoms with E-state index in [-0.39, 0.29) is 24.8 Å². The highest BCUT2D eigenvalue weighted by Crippen LogP contribution is 2.24. The van der Waals surface area contributed by atoms with Crippen LogP contribution in [0.15, 0.2) is 0 Å². The molecule has 0 saturated carbocycles. The highest BCUT2D eigenvalue weighted by atomic mass is 32.2. The highest BCUT2D eigenvalue weighted by Gasteiger charge is 2.43. The maximum absolute atomic E-state index is 13.1. The van der Waals surface area contributed by atoms with Crippen molar-refractivity contribution in [2.45, 2.75) is 26.1 Å². The smallest absolute Gasteiger partial charge is 0.353 e. The second-order valence-electron chi connectivity index (χ2n) is 6.10. The third-order valence-electron chi connectivity index (χ3n) is 3.40. The van der Waals surface area contributed by atoms with Crippen LogP contribution < -0.4 is 10.6 Å². The predicted molar refractivity (Wildman–Crippen MR) is 80.8 cm³/mol. The maximum atomic E-state index is 13.1. The van der Waals surface area contributed by atoms with Crippen molar-refractivity contribution in [2.24, 2.45) is 5.92 Å². The molecule has 1 saturated heterocycles. The van der Waals surface area contributed by atoms with Crippen molar-refractivity contribution in [3.63, 3.8) is 0 Å². The number of nitrogens with zero attached hydrogens (tertiary/aromatic N) is 1. The van der Waals surface area contributed by atoms with Crippen molar-refractivity contribution in [2.75, 3.05) is 44.2 Å². The van der Waals surface area contributed by atoms with Crippen molar-refractivity contribution in [1.82, 2.24) is 15.5 Å². The molecule has 1 aliphatic heterocycles. The number of hydrogen-bond donors (Lipinski definition) is 2. The average Bonchev–Trinajstić information content (AvgIpc) is 2.36. The fraction of sp³-hybridized carbons (Fsp3) is 0.923. The molecule has 0 aromatic carbocycles. The molecule has 23 heavy (non-hydrogen) atoms. The average molecular weight is 359 g/mol. The molecule has 1 unspecified atom stereocenters. The Balaban J connectivity index is 2.59. The second kappa shape index (κ2) is 8.29. The lowest BCUT2D eigenvalue weighted by Crippen LogP contribution is -2.57. The van der Waals surface area contributed by atoms with Gasteiger partial charge in [-0.1, -0.05) is 13.8 Å². The Morgan fingerprint density at radius 3 is 2.30 bits per heavy atom. The number of piperazine rings is 1. The van der Waals surface area contributed by atoms with Gasteiger partial charge in [0.1, 0.15) is 11.8 Å². The van der Waals surface area contributed by atoms with Gasteiger partial charge in [-0.2, -0.15) is 13.2 Å². The Hall–Kier alpha value is -0.870. The Bertz CT molecular complexity index is 488. The maximum Gasteiger partial charge on any atom is 0.405 e. The summed E-state index contributed by atoms with van der Waals surface area (Å²) in [6.45, 7) is 4.10. The number of amides is 1. The minimum atomic E-state index is -4.48. The number of carbonyl (C=O) groups is 1. The summed E-state index contributed by atoms with van der Waals surface area (Å²) in [5.74, 6) is -1.98. The van der Waals surface area contributed by atoms with E-state index in [1.807, 2.05) is 0 Å². The zero-order chi connectivity index (χ0) is 17.7. The highest BCUT2D eigenvalue weighted by molar-refractivity contribution is 7.92. The van der Waals surface area contributed by atoms with Gasteiger partial charge in [0.25, 0.3) is 0 Å². The minimum absolute atomic E-state index is 0.142. The number of nitrogens with one attached hydrogen (secondary N) is 2. The van der Waals surface area contributed by atoms with E-state index in [2.05, 4.69) is 10.6 Å². The van der Waals surface area contributed by atoms with Crippen molar-refractivity contribution in [1.29, 1.82) is 0 Å². The molecule has 136 valence electrons. The standard InChI is InChI=1S/C13H24F3N3O3S/c1-10(2)8-23(21,22)9-12(20)18-7-11(13(14,15)16)19-5-3-17-4-6-19/h10-11,17H,3-9H2,1-2H3,(H,18,20). The minimum Gasteiger partial charge on any atom is -0.353 e. The molecule has 1 aliphatic rings. The number of rotatable bonds is 7. The Morgan fingerprint density at radius 2 is 1.83 bits per heavy atom. The van der Waals surface area contributed by atoms with Gasteiger partial charge in [0, 0.05) is 32.7 Å². The Kier molecular flexibility index (Phi) is 7.28. The van der Waals surface area contributed by atoms with Crippen molar-refractivity contribution < 1.29 is 26.4 Å². The monoisotopic (exact) mass is 359 g/mol. The zero-order valence-corrected chi connectivity index (χ0v) is 14.1. The van der Waals surface area contributed by atoms with Crippen LogP contribution in [0.1, 0.15) is 13.8 Å². The molecule has 10 heteroatoms. The van der Waals surface area contributed by atoms with Gasteiger partial charge in [-0.05, 0) is 5.92 Å². The SMILES string of the molecule is CC(C)CS(=O)(=O)CC(=O)NCC(N1CCNCC1)C(F)(F)F. The number of sulfone groups is 1. The molecular weight excluding hydrogens is 335 g/mol. The molecule has 0 spiro atoms. The first-order valence-electron chi connectivity index (χ1n) is 7.50. The van der Waals surface area contributed by atoms with Crippen molar-refractivity contribution in [3.8, 4) is 0 Å². The molecule has 0 aromatic rings. The summed E-state index contributed by atoms with van der Waals surface area (Å²) in [4.78, 5) is 12.9. The molecule has 1 heterocycles. The molecule has 1 amide bonds. The van der Waals surface area contributed by atoms with E-state index in [0.29, 0.717) is 13.1 Å². The molecule has 1 atom stereocenters. The van der Waals surface area contributed by atoms with Crippen LogP contribution in [-0.4, -0.2) is 75.7 Å². The molecule has 0 radical (unpaired) electrons. The van der Waals surface area contributed by atoms with E-state index < -0.39 is 40.3 Å². The van der Waals surface area contributed by atoms with Gasteiger partial charge in [0.2, 0.25) is 5.91 Å². The van der Waals surface area contributed by atoms with Gasteiger partial charge >= 0.3 is 6.18 Å². The van der Waals surface area contributed by atoms with E-state index in [1.165, 1.54) is 4.90 Å². The number of carbonyl (C=O) groups excluding carboxylic acids is 1. The molecule has 0 aliphatic carbocycles. The summed E-state index contributed by atoms with van der Waals surface area (Å²) in [5.41, 5.74) is 0. The van der Waals surface area contributed by atoms with Crippen LogP contribution in [0.25, 0.3) is 0 Å². The fourth-order valence-corrected chi connectivity index (χ4v) is 4.11. The van der Waals surface area contributed by atoms with Crippen LogP contribution in [0.4, 0.5) is 13.2 Å². The normalized spacial score (nSPS) is 18.9. The van der Waals surface area contributed by atoms with Gasteiger partial charge in [0.15, 0.2) is 9.84 Å². The summed E-state index contributed by atoms with van der Waals surface area (Å²) in [6.07, 6.45) is -4.48. The van der Waals surface area contributed by atoms with E-state index in [9.17, 15) is 26.4 Å². The summed E-state index contributed by atoms with van der Waals surface area (Å²) in [5, 5.41) is 5.08. The van der Waals surface area contributed by atoms with E-state index in [0.717, 1.165) is 0 Å². The van der Waals surface area contributed by atoms with Gasteiger partial charge in [-0.25, -0.2) is 8.42 Å². The van der Waals surface area contributed by atoms with Gasteiger partial charge in [-0.3, -0.25) is 9.69 Å². The van der Waals surface area contributed by atoms with E-state index in [4.69, 9.17) is 0 Å². The largest absolute Gasteiger partial charge is 0.405 e.